The van der Waals surface area contributed by atoms with E-state index >= 15 is 0 Å². The number of likely N-dealkylation sites (N-methyl/N-ethyl adjacent to an activating group) is 1. The van der Waals surface area contributed by atoms with Crippen molar-refractivity contribution >= 4 is 5.91 Å². The number of hydrogen-bond acceptors (Lipinski definition) is 4. The fraction of sp³-hybridized carbons (Fsp3) is 0.933. The second-order valence-electron chi connectivity index (χ2n) is 6.08. The molecule has 0 aliphatic carbocycles. The fourth-order valence-corrected chi connectivity index (χ4v) is 3.08. The monoisotopic (exact) mass is 283 g/mol. The molecule has 2 saturated heterocycles. The van der Waals surface area contributed by atoms with E-state index in [2.05, 4.69) is 37.9 Å². The molecule has 0 aromatic rings. The Balaban J connectivity index is 1.93. The van der Waals surface area contributed by atoms with Gasteiger partial charge in [-0.05, 0) is 19.4 Å². The van der Waals surface area contributed by atoms with E-state index < -0.39 is 0 Å². The third kappa shape index (κ3) is 3.32. The third-order valence-electron chi connectivity index (χ3n) is 4.72. The Bertz CT molecular complexity index is 337. The molecular formula is C15H29N3O2. The van der Waals surface area contributed by atoms with Crippen LogP contribution >= 0.6 is 0 Å². The van der Waals surface area contributed by atoms with E-state index in [4.69, 9.17) is 4.74 Å². The molecule has 0 aromatic carbocycles. The summed E-state index contributed by atoms with van der Waals surface area (Å²) in [6, 6.07) is -0.0270. The van der Waals surface area contributed by atoms with Gasteiger partial charge < -0.3 is 9.64 Å². The summed E-state index contributed by atoms with van der Waals surface area (Å²) >= 11 is 0. The molecule has 5 nitrogen and oxygen atoms in total. The Morgan fingerprint density at radius 1 is 1.45 bits per heavy atom. The second kappa shape index (κ2) is 6.87. The van der Waals surface area contributed by atoms with Crippen LogP contribution in [-0.4, -0.2) is 66.8 Å². The van der Waals surface area contributed by atoms with Crippen molar-refractivity contribution in [3.05, 3.63) is 0 Å². The number of rotatable bonds is 5. The molecule has 2 fully saturated rings. The molecule has 20 heavy (non-hydrogen) atoms. The lowest BCUT2D eigenvalue weighted by molar-refractivity contribution is -0.134. The van der Waals surface area contributed by atoms with E-state index in [-0.39, 0.29) is 24.2 Å². The molecule has 0 radical (unpaired) electrons. The van der Waals surface area contributed by atoms with Gasteiger partial charge in [-0.15, -0.1) is 0 Å². The van der Waals surface area contributed by atoms with Crippen LogP contribution in [0.1, 0.15) is 34.1 Å². The highest BCUT2D eigenvalue weighted by molar-refractivity contribution is 5.84. The molecule has 4 atom stereocenters. The van der Waals surface area contributed by atoms with Gasteiger partial charge in [-0.2, -0.15) is 0 Å². The lowest BCUT2D eigenvalue weighted by Gasteiger charge is -2.35. The first-order chi connectivity index (χ1) is 9.56. The molecule has 1 N–H and O–H groups in total. The second-order valence-corrected chi connectivity index (χ2v) is 6.08. The molecule has 1 amide bonds. The predicted octanol–water partition coefficient (Wildman–Crippen LogP) is 0.900. The van der Waals surface area contributed by atoms with Gasteiger partial charge in [0.25, 0.3) is 0 Å². The minimum atomic E-state index is -0.0270. The predicted molar refractivity (Wildman–Crippen MR) is 79.4 cm³/mol. The molecule has 0 spiro atoms. The maximum atomic E-state index is 12.5. The van der Waals surface area contributed by atoms with Crippen molar-refractivity contribution in [1.29, 1.82) is 0 Å². The Kier molecular flexibility index (Phi) is 5.41. The molecule has 116 valence electrons. The van der Waals surface area contributed by atoms with E-state index in [0.717, 1.165) is 32.7 Å². The quantitative estimate of drug-likeness (QED) is 0.814. The van der Waals surface area contributed by atoms with Crippen molar-refractivity contribution in [1.82, 2.24) is 15.1 Å². The van der Waals surface area contributed by atoms with Crippen LogP contribution in [-0.2, 0) is 9.53 Å². The van der Waals surface area contributed by atoms with Gasteiger partial charge in [0.1, 0.15) is 0 Å². The molecule has 0 aromatic heterocycles. The van der Waals surface area contributed by atoms with Crippen LogP contribution in [0.3, 0.4) is 0 Å². The van der Waals surface area contributed by atoms with Gasteiger partial charge in [-0.25, -0.2) is 0 Å². The molecule has 2 heterocycles. The number of carbonyl (C=O) groups excluding carboxylic acids is 1. The smallest absolute Gasteiger partial charge is 0.241 e. The van der Waals surface area contributed by atoms with Crippen molar-refractivity contribution in [2.75, 3.05) is 32.8 Å². The number of hydrogen-bond donors (Lipinski definition) is 1. The van der Waals surface area contributed by atoms with Gasteiger partial charge >= 0.3 is 0 Å². The zero-order valence-corrected chi connectivity index (χ0v) is 13.3. The summed E-state index contributed by atoms with van der Waals surface area (Å²) in [5.41, 5.74) is 0. The average molecular weight is 283 g/mol. The number of morpholine rings is 1. The minimum absolute atomic E-state index is 0.0270. The Morgan fingerprint density at radius 3 is 2.85 bits per heavy atom. The van der Waals surface area contributed by atoms with Crippen LogP contribution in [0.5, 0.6) is 0 Å². The number of ether oxygens (including phenoxy) is 1. The van der Waals surface area contributed by atoms with E-state index in [1.807, 2.05) is 4.90 Å². The van der Waals surface area contributed by atoms with Gasteiger partial charge in [0.2, 0.25) is 5.91 Å². The molecule has 5 heteroatoms. The summed E-state index contributed by atoms with van der Waals surface area (Å²) in [5, 5.41) is 3.43. The van der Waals surface area contributed by atoms with Crippen LogP contribution in [0.15, 0.2) is 0 Å². The van der Waals surface area contributed by atoms with Gasteiger partial charge in [-0.1, -0.05) is 27.2 Å². The molecule has 2 aliphatic heterocycles. The van der Waals surface area contributed by atoms with Crippen molar-refractivity contribution < 1.29 is 9.53 Å². The molecule has 4 unspecified atom stereocenters. The summed E-state index contributed by atoms with van der Waals surface area (Å²) in [7, 11) is 0. The van der Waals surface area contributed by atoms with Crippen molar-refractivity contribution in [3.8, 4) is 0 Å². The van der Waals surface area contributed by atoms with Crippen molar-refractivity contribution in [2.45, 2.75) is 52.4 Å². The third-order valence-corrected chi connectivity index (χ3v) is 4.72. The van der Waals surface area contributed by atoms with Crippen LogP contribution < -0.4 is 5.32 Å². The van der Waals surface area contributed by atoms with E-state index in [1.165, 1.54) is 0 Å². The Hall–Kier alpha value is -0.650. The van der Waals surface area contributed by atoms with Crippen molar-refractivity contribution in [2.24, 2.45) is 5.92 Å². The molecule has 0 bridgehead atoms. The van der Waals surface area contributed by atoms with Gasteiger partial charge in [0.15, 0.2) is 0 Å². The summed E-state index contributed by atoms with van der Waals surface area (Å²) in [4.78, 5) is 16.9. The normalized spacial score (nSPS) is 33.7. The fourth-order valence-electron chi connectivity index (χ4n) is 3.08. The van der Waals surface area contributed by atoms with Crippen molar-refractivity contribution in [3.63, 3.8) is 0 Å². The summed E-state index contributed by atoms with van der Waals surface area (Å²) in [6.45, 7) is 13.0. The lowest BCUT2D eigenvalue weighted by Crippen LogP contribution is -2.49. The average Bonchev–Trinajstić information content (AvgIpc) is 2.75. The van der Waals surface area contributed by atoms with Gasteiger partial charge in [0, 0.05) is 19.6 Å². The van der Waals surface area contributed by atoms with E-state index in [0.29, 0.717) is 12.5 Å². The van der Waals surface area contributed by atoms with Crippen LogP contribution in [0, 0.1) is 5.92 Å². The van der Waals surface area contributed by atoms with E-state index in [9.17, 15) is 4.79 Å². The zero-order chi connectivity index (χ0) is 14.7. The lowest BCUT2D eigenvalue weighted by atomic mass is 9.99. The number of nitrogens with zero attached hydrogens (tertiary/aromatic N) is 2. The standard InChI is InChI=1S/C15H29N3O2/c1-5-11(3)14-15(19)18(12(4)16-14)10-13-9-17(6-2)7-8-20-13/h11-14,16H,5-10H2,1-4H3. The van der Waals surface area contributed by atoms with Crippen LogP contribution in [0.2, 0.25) is 0 Å². The first kappa shape index (κ1) is 15.7. The molecular weight excluding hydrogens is 254 g/mol. The first-order valence-electron chi connectivity index (χ1n) is 7.97. The van der Waals surface area contributed by atoms with Crippen LogP contribution in [0.25, 0.3) is 0 Å². The molecule has 0 saturated carbocycles. The number of amides is 1. The highest BCUT2D eigenvalue weighted by atomic mass is 16.5. The topological polar surface area (TPSA) is 44.8 Å². The highest BCUT2D eigenvalue weighted by Gasteiger charge is 2.40. The largest absolute Gasteiger partial charge is 0.374 e. The summed E-state index contributed by atoms with van der Waals surface area (Å²) < 4.78 is 5.83. The minimum Gasteiger partial charge on any atom is -0.374 e. The van der Waals surface area contributed by atoms with Gasteiger partial charge in [-0.3, -0.25) is 15.0 Å². The summed E-state index contributed by atoms with van der Waals surface area (Å²) in [5.74, 6) is 0.624. The maximum Gasteiger partial charge on any atom is 0.241 e. The summed E-state index contributed by atoms with van der Waals surface area (Å²) in [6.07, 6.45) is 1.28. The zero-order valence-electron chi connectivity index (χ0n) is 13.3. The van der Waals surface area contributed by atoms with Crippen LogP contribution in [0.4, 0.5) is 0 Å². The van der Waals surface area contributed by atoms with E-state index in [1.54, 1.807) is 0 Å². The Morgan fingerprint density at radius 2 is 2.20 bits per heavy atom. The molecule has 2 rings (SSSR count). The van der Waals surface area contributed by atoms with Gasteiger partial charge in [0.05, 0.1) is 24.9 Å². The maximum absolute atomic E-state index is 12.5. The highest BCUT2D eigenvalue weighted by Crippen LogP contribution is 2.20. The molecule has 2 aliphatic rings. The first-order valence-corrected chi connectivity index (χ1v) is 7.97. The SMILES string of the molecule is CCC(C)C1NC(C)N(CC2CN(CC)CCO2)C1=O. The number of carbonyl (C=O) groups is 1. The number of nitrogens with one attached hydrogen (secondary N) is 1. The Labute approximate surface area is 122 Å².